The molecule has 20 heavy (non-hydrogen) atoms. The van der Waals surface area contributed by atoms with Crippen LogP contribution in [0.25, 0.3) is 0 Å². The van der Waals surface area contributed by atoms with Gasteiger partial charge in [0.25, 0.3) is 0 Å². The molecule has 0 aromatic heterocycles. The fraction of sp³-hybridized carbons (Fsp3) is 0.571. The lowest BCUT2D eigenvalue weighted by molar-refractivity contribution is 0.317. The molecule has 1 atom stereocenters. The van der Waals surface area contributed by atoms with Crippen LogP contribution in [0.4, 0.5) is 0 Å². The number of hydrogen-bond acceptors (Lipinski definition) is 4. The minimum absolute atomic E-state index is 0.149. The highest BCUT2D eigenvalue weighted by Gasteiger charge is 2.09. The number of ether oxygens (including phenoxy) is 1. The van der Waals surface area contributed by atoms with E-state index in [0.717, 1.165) is 5.56 Å². The minimum Gasteiger partial charge on any atom is -0.492 e. The zero-order valence-electron chi connectivity index (χ0n) is 12.1. The molecule has 1 aromatic rings. The Bertz CT molecular complexity index is 531. The largest absolute Gasteiger partial charge is 0.492 e. The quantitative estimate of drug-likeness (QED) is 0.749. The summed E-state index contributed by atoms with van der Waals surface area (Å²) in [4.78, 5) is 0. The summed E-state index contributed by atoms with van der Waals surface area (Å²) in [7, 11) is -1.04. The van der Waals surface area contributed by atoms with E-state index >= 15 is 0 Å². The van der Waals surface area contributed by atoms with Crippen LogP contribution in [0.15, 0.2) is 18.2 Å². The first-order valence-corrected chi connectivity index (χ1v) is 8.89. The highest BCUT2D eigenvalue weighted by molar-refractivity contribution is 7.91. The van der Waals surface area contributed by atoms with Crippen molar-refractivity contribution in [2.75, 3.05) is 25.2 Å². The van der Waals surface area contributed by atoms with Crippen molar-refractivity contribution in [2.45, 2.75) is 26.3 Å². The normalized spacial score (nSPS) is 13.2. The highest BCUT2D eigenvalue weighted by Crippen LogP contribution is 2.27. The van der Waals surface area contributed by atoms with Gasteiger partial charge >= 0.3 is 0 Å². The Morgan fingerprint density at radius 2 is 2.10 bits per heavy atom. The summed E-state index contributed by atoms with van der Waals surface area (Å²) in [6, 6.07) is 5.85. The molecule has 0 aliphatic rings. The molecule has 0 aliphatic carbocycles. The second-order valence-corrected chi connectivity index (χ2v) is 7.52. The van der Waals surface area contributed by atoms with Gasteiger partial charge in [-0.25, -0.2) is 8.42 Å². The zero-order chi connectivity index (χ0) is 15.2. The summed E-state index contributed by atoms with van der Waals surface area (Å²) in [5, 5.41) is 3.68. The Labute approximate surface area is 126 Å². The van der Waals surface area contributed by atoms with Gasteiger partial charge in [0.1, 0.15) is 15.6 Å². The maximum atomic E-state index is 11.3. The van der Waals surface area contributed by atoms with Crippen molar-refractivity contribution in [1.29, 1.82) is 0 Å². The molecule has 0 bridgehead atoms. The number of rotatable bonds is 8. The van der Waals surface area contributed by atoms with Gasteiger partial charge in [0.2, 0.25) is 0 Å². The van der Waals surface area contributed by atoms with Gasteiger partial charge in [-0.3, -0.25) is 0 Å². The van der Waals surface area contributed by atoms with Crippen LogP contribution in [0, 0.1) is 0 Å². The van der Waals surface area contributed by atoms with Crippen molar-refractivity contribution in [2.24, 2.45) is 0 Å². The van der Waals surface area contributed by atoms with E-state index in [1.807, 2.05) is 32.2 Å². The summed E-state index contributed by atoms with van der Waals surface area (Å²) in [6.45, 7) is 4.04. The van der Waals surface area contributed by atoms with E-state index in [4.69, 9.17) is 16.3 Å². The Morgan fingerprint density at radius 1 is 1.40 bits per heavy atom. The molecule has 0 saturated carbocycles. The molecule has 1 aromatic carbocycles. The fourth-order valence-corrected chi connectivity index (χ4v) is 2.77. The van der Waals surface area contributed by atoms with Crippen LogP contribution in [0.2, 0.25) is 5.02 Å². The van der Waals surface area contributed by atoms with Crippen molar-refractivity contribution >= 4 is 21.4 Å². The van der Waals surface area contributed by atoms with Crippen LogP contribution in [0.5, 0.6) is 5.75 Å². The minimum atomic E-state index is -2.93. The van der Waals surface area contributed by atoms with Crippen LogP contribution in [-0.4, -0.2) is 33.6 Å². The highest BCUT2D eigenvalue weighted by atomic mass is 35.5. The van der Waals surface area contributed by atoms with E-state index in [1.165, 1.54) is 0 Å². The van der Waals surface area contributed by atoms with Crippen LogP contribution in [-0.2, 0) is 9.84 Å². The Kier molecular flexibility index (Phi) is 6.79. The van der Waals surface area contributed by atoms with E-state index in [0.29, 0.717) is 23.8 Å². The average Bonchev–Trinajstić information content (AvgIpc) is 2.44. The smallest absolute Gasteiger partial charge is 0.150 e. The number of nitrogens with one attached hydrogen (secondary N) is 1. The molecular formula is C14H22ClNO3S. The number of benzene rings is 1. The van der Waals surface area contributed by atoms with Gasteiger partial charge in [-0.1, -0.05) is 24.6 Å². The lowest BCUT2D eigenvalue weighted by atomic mass is 10.1. The van der Waals surface area contributed by atoms with Crippen molar-refractivity contribution in [3.05, 3.63) is 28.8 Å². The maximum Gasteiger partial charge on any atom is 0.150 e. The maximum absolute atomic E-state index is 11.3. The second kappa shape index (κ2) is 7.86. The number of sulfone groups is 1. The second-order valence-electron chi connectivity index (χ2n) is 4.64. The van der Waals surface area contributed by atoms with E-state index in [1.54, 1.807) is 6.92 Å². The summed E-state index contributed by atoms with van der Waals surface area (Å²) in [5.41, 5.74) is 1.08. The van der Waals surface area contributed by atoms with Crippen molar-refractivity contribution in [3.63, 3.8) is 0 Å². The fourth-order valence-electron chi connectivity index (χ4n) is 1.68. The first-order valence-electron chi connectivity index (χ1n) is 6.69. The Morgan fingerprint density at radius 3 is 2.65 bits per heavy atom. The lowest BCUT2D eigenvalue weighted by Crippen LogP contribution is -2.13. The van der Waals surface area contributed by atoms with Gasteiger partial charge in [-0.2, -0.15) is 0 Å². The molecule has 1 rings (SSSR count). The molecule has 4 nitrogen and oxygen atoms in total. The number of hydrogen-bond donors (Lipinski definition) is 1. The molecule has 0 amide bonds. The molecule has 0 aliphatic heterocycles. The molecule has 0 radical (unpaired) electrons. The predicted molar refractivity (Wildman–Crippen MR) is 83.4 cm³/mol. The summed E-state index contributed by atoms with van der Waals surface area (Å²) < 4.78 is 28.2. The van der Waals surface area contributed by atoms with Gasteiger partial charge in [-0.15, -0.1) is 0 Å². The standard InChI is InChI=1S/C14H22ClNO3S/c1-4-20(17,18)9-5-8-19-14-7-6-12(10-13(14)15)11(2)16-3/h6-7,10-11,16H,4-5,8-9H2,1-3H3. The molecule has 6 heteroatoms. The molecule has 0 saturated heterocycles. The molecule has 0 heterocycles. The van der Waals surface area contributed by atoms with E-state index in [9.17, 15) is 8.42 Å². The zero-order valence-corrected chi connectivity index (χ0v) is 13.7. The van der Waals surface area contributed by atoms with Crippen LogP contribution in [0.3, 0.4) is 0 Å². The third-order valence-corrected chi connectivity index (χ3v) is 5.27. The van der Waals surface area contributed by atoms with Gasteiger partial charge in [0.15, 0.2) is 0 Å². The molecular weight excluding hydrogens is 298 g/mol. The van der Waals surface area contributed by atoms with Gasteiger partial charge < -0.3 is 10.1 Å². The lowest BCUT2D eigenvalue weighted by Gasteiger charge is -2.13. The molecule has 0 spiro atoms. The van der Waals surface area contributed by atoms with E-state index < -0.39 is 9.84 Å². The SMILES string of the molecule is CCS(=O)(=O)CCCOc1ccc(C(C)NC)cc1Cl. The van der Waals surface area contributed by atoms with Gasteiger partial charge in [0.05, 0.1) is 17.4 Å². The first-order chi connectivity index (χ1) is 9.39. The summed E-state index contributed by atoms with van der Waals surface area (Å²) in [6.07, 6.45) is 0.473. The average molecular weight is 320 g/mol. The third kappa shape index (κ3) is 5.31. The van der Waals surface area contributed by atoms with Gasteiger partial charge in [0, 0.05) is 11.8 Å². The Hall–Kier alpha value is -0.780. The van der Waals surface area contributed by atoms with E-state index in [-0.39, 0.29) is 17.5 Å². The van der Waals surface area contributed by atoms with Crippen LogP contribution in [0.1, 0.15) is 31.9 Å². The summed E-state index contributed by atoms with van der Waals surface area (Å²) >= 11 is 6.16. The van der Waals surface area contributed by atoms with Crippen LogP contribution < -0.4 is 10.1 Å². The summed E-state index contributed by atoms with van der Waals surface area (Å²) in [5.74, 6) is 0.910. The van der Waals surface area contributed by atoms with Crippen molar-refractivity contribution < 1.29 is 13.2 Å². The number of halogens is 1. The third-order valence-electron chi connectivity index (χ3n) is 3.19. The first kappa shape index (κ1) is 17.3. The van der Waals surface area contributed by atoms with E-state index in [2.05, 4.69) is 5.32 Å². The van der Waals surface area contributed by atoms with Crippen molar-refractivity contribution in [1.82, 2.24) is 5.32 Å². The van der Waals surface area contributed by atoms with Crippen molar-refractivity contribution in [3.8, 4) is 5.75 Å². The molecule has 1 N–H and O–H groups in total. The molecule has 1 unspecified atom stereocenters. The van der Waals surface area contributed by atoms with Gasteiger partial charge in [-0.05, 0) is 38.1 Å². The Balaban J connectivity index is 2.53. The molecule has 114 valence electrons. The van der Waals surface area contributed by atoms with Crippen LogP contribution >= 0.6 is 11.6 Å². The molecule has 0 fully saturated rings. The topological polar surface area (TPSA) is 55.4 Å². The monoisotopic (exact) mass is 319 g/mol. The predicted octanol–water partition coefficient (Wildman–Crippen LogP) is 2.82.